The maximum absolute atomic E-state index is 12.1. The first kappa shape index (κ1) is 15.2. The van der Waals surface area contributed by atoms with E-state index in [4.69, 9.17) is 4.74 Å². The third kappa shape index (κ3) is 3.29. The highest BCUT2D eigenvalue weighted by Gasteiger charge is 2.21. The number of hydrogen-bond acceptors (Lipinski definition) is 2. The second kappa shape index (κ2) is 6.62. The zero-order valence-corrected chi connectivity index (χ0v) is 13.6. The zero-order valence-electron chi connectivity index (χ0n) is 13.6. The number of benzene rings is 3. The average molecular weight is 324 g/mol. The maximum atomic E-state index is 12.1. The van der Waals surface area contributed by atoms with Crippen molar-refractivity contribution >= 4 is 17.8 Å². The minimum absolute atomic E-state index is 0.314. The fourth-order valence-electron chi connectivity index (χ4n) is 2.82. The lowest BCUT2D eigenvalue weighted by molar-refractivity contribution is -0.130. The minimum atomic E-state index is -0.314. The molecule has 0 fully saturated rings. The van der Waals surface area contributed by atoms with Crippen LogP contribution in [0.25, 0.3) is 23.0 Å². The summed E-state index contributed by atoms with van der Waals surface area (Å²) >= 11 is 0. The van der Waals surface area contributed by atoms with Crippen LogP contribution >= 0.6 is 0 Å². The lowest BCUT2D eigenvalue weighted by Crippen LogP contribution is -1.97. The molecule has 2 heteroatoms. The summed E-state index contributed by atoms with van der Waals surface area (Å²) in [7, 11) is 0. The number of carbonyl (C=O) groups excluding carboxylic acids is 1. The zero-order chi connectivity index (χ0) is 17.1. The van der Waals surface area contributed by atoms with Gasteiger partial charge in [0.05, 0.1) is 5.57 Å². The Labute approximate surface area is 146 Å². The van der Waals surface area contributed by atoms with Crippen LogP contribution < -0.4 is 0 Å². The van der Waals surface area contributed by atoms with Gasteiger partial charge in [-0.2, -0.15) is 0 Å². The molecule has 0 saturated heterocycles. The van der Waals surface area contributed by atoms with Crippen molar-refractivity contribution < 1.29 is 9.53 Å². The standard InChI is InChI=1S/C23H16O2/c24-23-21(15-17-7-3-1-4-8-17)16-22(25-23)20-13-11-19(12-14-20)18-9-5-2-6-10-18/h1-16H/b21-15-. The van der Waals surface area contributed by atoms with Gasteiger partial charge in [0.1, 0.15) is 5.76 Å². The molecular formula is C23H16O2. The summed E-state index contributed by atoms with van der Waals surface area (Å²) in [5, 5.41) is 0. The van der Waals surface area contributed by atoms with Crippen LogP contribution in [-0.4, -0.2) is 5.97 Å². The van der Waals surface area contributed by atoms with Gasteiger partial charge in [0, 0.05) is 5.56 Å². The van der Waals surface area contributed by atoms with Gasteiger partial charge in [-0.05, 0) is 28.8 Å². The lowest BCUT2D eigenvalue weighted by Gasteiger charge is -2.04. The topological polar surface area (TPSA) is 26.3 Å². The predicted octanol–water partition coefficient (Wildman–Crippen LogP) is 5.33. The van der Waals surface area contributed by atoms with Crippen molar-refractivity contribution in [1.82, 2.24) is 0 Å². The monoisotopic (exact) mass is 324 g/mol. The van der Waals surface area contributed by atoms with Crippen molar-refractivity contribution in [3.05, 3.63) is 108 Å². The van der Waals surface area contributed by atoms with E-state index >= 15 is 0 Å². The Morgan fingerprint density at radius 2 is 1.20 bits per heavy atom. The second-order valence-corrected chi connectivity index (χ2v) is 5.85. The normalized spacial score (nSPS) is 15.1. The van der Waals surface area contributed by atoms with Crippen LogP contribution in [0.5, 0.6) is 0 Å². The molecule has 1 aliphatic rings. The second-order valence-electron chi connectivity index (χ2n) is 5.85. The molecule has 1 aliphatic heterocycles. The van der Waals surface area contributed by atoms with E-state index in [1.807, 2.05) is 78.9 Å². The molecule has 3 aromatic carbocycles. The average Bonchev–Trinajstić information content (AvgIpc) is 3.04. The molecule has 1 heterocycles. The Hall–Kier alpha value is -3.39. The minimum Gasteiger partial charge on any atom is -0.422 e. The molecule has 25 heavy (non-hydrogen) atoms. The van der Waals surface area contributed by atoms with Crippen LogP contribution in [0, 0.1) is 0 Å². The number of hydrogen-bond donors (Lipinski definition) is 0. The van der Waals surface area contributed by atoms with Gasteiger partial charge in [0.15, 0.2) is 0 Å². The summed E-state index contributed by atoms with van der Waals surface area (Å²) in [4.78, 5) is 12.1. The van der Waals surface area contributed by atoms with Gasteiger partial charge in [-0.1, -0.05) is 84.9 Å². The number of cyclic esters (lactones) is 1. The molecule has 0 saturated carbocycles. The first-order valence-corrected chi connectivity index (χ1v) is 8.16. The Morgan fingerprint density at radius 1 is 0.640 bits per heavy atom. The number of esters is 1. The summed E-state index contributed by atoms with van der Waals surface area (Å²) in [6, 6.07) is 28.0. The molecule has 0 unspecified atom stereocenters. The predicted molar refractivity (Wildman–Crippen MR) is 100 cm³/mol. The molecule has 0 amide bonds. The van der Waals surface area contributed by atoms with Crippen LogP contribution in [0.1, 0.15) is 11.1 Å². The van der Waals surface area contributed by atoms with Gasteiger partial charge in [-0.3, -0.25) is 0 Å². The summed E-state index contributed by atoms with van der Waals surface area (Å²) in [6.07, 6.45) is 3.64. The van der Waals surface area contributed by atoms with E-state index in [1.54, 1.807) is 6.08 Å². The first-order chi connectivity index (χ1) is 12.3. The van der Waals surface area contributed by atoms with E-state index in [0.29, 0.717) is 11.3 Å². The van der Waals surface area contributed by atoms with Gasteiger partial charge in [0.25, 0.3) is 0 Å². The van der Waals surface area contributed by atoms with E-state index in [0.717, 1.165) is 22.3 Å². The van der Waals surface area contributed by atoms with Crippen molar-refractivity contribution in [3.8, 4) is 11.1 Å². The van der Waals surface area contributed by atoms with Gasteiger partial charge >= 0.3 is 5.97 Å². The van der Waals surface area contributed by atoms with Crippen LogP contribution in [0.3, 0.4) is 0 Å². The van der Waals surface area contributed by atoms with Crippen molar-refractivity contribution in [1.29, 1.82) is 0 Å². The molecule has 0 atom stereocenters. The molecule has 0 aliphatic carbocycles. The SMILES string of the molecule is O=C1OC(c2ccc(-c3ccccc3)cc2)=C/C1=C/c1ccccc1. The third-order valence-electron chi connectivity index (χ3n) is 4.12. The van der Waals surface area contributed by atoms with E-state index < -0.39 is 0 Å². The summed E-state index contributed by atoms with van der Waals surface area (Å²) in [5.41, 5.74) is 4.73. The molecule has 0 radical (unpaired) electrons. The van der Waals surface area contributed by atoms with E-state index in [-0.39, 0.29) is 5.97 Å². The smallest absolute Gasteiger partial charge is 0.343 e. The lowest BCUT2D eigenvalue weighted by atomic mass is 10.0. The highest BCUT2D eigenvalue weighted by atomic mass is 16.5. The molecule has 120 valence electrons. The van der Waals surface area contributed by atoms with Crippen LogP contribution in [-0.2, 0) is 9.53 Å². The van der Waals surface area contributed by atoms with Crippen LogP contribution in [0.4, 0.5) is 0 Å². The van der Waals surface area contributed by atoms with Gasteiger partial charge in [0.2, 0.25) is 0 Å². The molecule has 0 bridgehead atoms. The molecule has 4 rings (SSSR count). The highest BCUT2D eigenvalue weighted by Crippen LogP contribution is 2.29. The Kier molecular flexibility index (Phi) is 4.01. The van der Waals surface area contributed by atoms with E-state index in [9.17, 15) is 4.79 Å². The number of carbonyl (C=O) groups is 1. The van der Waals surface area contributed by atoms with Crippen LogP contribution in [0.15, 0.2) is 96.6 Å². The maximum Gasteiger partial charge on any atom is 0.343 e. The largest absolute Gasteiger partial charge is 0.422 e. The fourth-order valence-corrected chi connectivity index (χ4v) is 2.82. The van der Waals surface area contributed by atoms with Crippen molar-refractivity contribution in [2.45, 2.75) is 0 Å². The van der Waals surface area contributed by atoms with Gasteiger partial charge in [-0.15, -0.1) is 0 Å². The Bertz CT molecular complexity index is 950. The molecular weight excluding hydrogens is 308 g/mol. The van der Waals surface area contributed by atoms with Gasteiger partial charge < -0.3 is 4.74 Å². The van der Waals surface area contributed by atoms with Crippen molar-refractivity contribution in [3.63, 3.8) is 0 Å². The molecule has 0 N–H and O–H groups in total. The van der Waals surface area contributed by atoms with Gasteiger partial charge in [-0.25, -0.2) is 4.79 Å². The molecule has 0 spiro atoms. The quantitative estimate of drug-likeness (QED) is 0.480. The summed E-state index contributed by atoms with van der Waals surface area (Å²) in [6.45, 7) is 0. The van der Waals surface area contributed by atoms with Crippen LogP contribution in [0.2, 0.25) is 0 Å². The first-order valence-electron chi connectivity index (χ1n) is 8.16. The number of ether oxygens (including phenoxy) is 1. The summed E-state index contributed by atoms with van der Waals surface area (Å²) in [5.74, 6) is 0.276. The summed E-state index contributed by atoms with van der Waals surface area (Å²) < 4.78 is 5.43. The Morgan fingerprint density at radius 3 is 1.88 bits per heavy atom. The fraction of sp³-hybridized carbons (Fsp3) is 0. The van der Waals surface area contributed by atoms with Crippen molar-refractivity contribution in [2.24, 2.45) is 0 Å². The molecule has 3 aromatic rings. The van der Waals surface area contributed by atoms with Crippen molar-refractivity contribution in [2.75, 3.05) is 0 Å². The molecule has 2 nitrogen and oxygen atoms in total. The van der Waals surface area contributed by atoms with E-state index in [2.05, 4.69) is 12.1 Å². The molecule has 0 aromatic heterocycles. The number of rotatable bonds is 3. The highest BCUT2D eigenvalue weighted by molar-refractivity contribution is 6.05. The third-order valence-corrected chi connectivity index (χ3v) is 4.12. The van der Waals surface area contributed by atoms with E-state index in [1.165, 1.54) is 0 Å². The Balaban J connectivity index is 1.61.